The second-order valence-corrected chi connectivity index (χ2v) is 9.50. The predicted molar refractivity (Wildman–Crippen MR) is 138 cm³/mol. The molecule has 180 valence electrons. The lowest BCUT2D eigenvalue weighted by molar-refractivity contribution is -0.141. The van der Waals surface area contributed by atoms with Crippen LogP contribution < -0.4 is 5.32 Å². The fourth-order valence-electron chi connectivity index (χ4n) is 3.74. The van der Waals surface area contributed by atoms with Gasteiger partial charge in [-0.05, 0) is 48.4 Å². The van der Waals surface area contributed by atoms with Crippen LogP contribution in [-0.2, 0) is 22.6 Å². The molecule has 0 spiro atoms. The number of halogens is 2. The summed E-state index contributed by atoms with van der Waals surface area (Å²) in [7, 11) is 0. The minimum Gasteiger partial charge on any atom is -0.354 e. The normalized spacial score (nSPS) is 12.0. The first-order valence-electron chi connectivity index (χ1n) is 11.9. The predicted octanol–water partition coefficient (Wildman–Crippen LogP) is 6.77. The fourth-order valence-corrected chi connectivity index (χ4v) is 4.26. The van der Waals surface area contributed by atoms with E-state index in [-0.39, 0.29) is 18.4 Å². The largest absolute Gasteiger partial charge is 0.354 e. The van der Waals surface area contributed by atoms with E-state index in [1.54, 1.807) is 23.1 Å². The van der Waals surface area contributed by atoms with Gasteiger partial charge in [0.05, 0.1) is 0 Å². The standard InChI is InChI=1S/C27H36Cl2N2O2/c1-5-7-17-30-27(33)25(6-2)31(18-22-23(28)9-8-10-24(22)29)26(32)16-13-20-11-14-21(15-12-20)19(3)4/h8-12,14-15,19,25H,5-7,13,16-18H2,1-4H3,(H,30,33)/t25-/m1/s1. The Bertz CT molecular complexity index is 893. The highest BCUT2D eigenvalue weighted by Gasteiger charge is 2.29. The highest BCUT2D eigenvalue weighted by molar-refractivity contribution is 6.36. The second-order valence-electron chi connectivity index (χ2n) is 8.69. The van der Waals surface area contributed by atoms with Crippen molar-refractivity contribution in [1.82, 2.24) is 10.2 Å². The Morgan fingerprint density at radius 3 is 2.18 bits per heavy atom. The number of nitrogens with one attached hydrogen (secondary N) is 1. The lowest BCUT2D eigenvalue weighted by atomic mass is 10.00. The van der Waals surface area contributed by atoms with Crippen molar-refractivity contribution in [2.24, 2.45) is 0 Å². The molecule has 0 aliphatic rings. The lowest BCUT2D eigenvalue weighted by Crippen LogP contribution is -2.49. The van der Waals surface area contributed by atoms with E-state index in [4.69, 9.17) is 23.2 Å². The van der Waals surface area contributed by atoms with E-state index in [2.05, 4.69) is 50.4 Å². The van der Waals surface area contributed by atoms with Crippen LogP contribution in [0.1, 0.15) is 76.0 Å². The number of rotatable bonds is 12. The van der Waals surface area contributed by atoms with Crippen molar-refractivity contribution < 1.29 is 9.59 Å². The van der Waals surface area contributed by atoms with Crippen LogP contribution in [0, 0.1) is 0 Å². The van der Waals surface area contributed by atoms with Crippen molar-refractivity contribution in [1.29, 1.82) is 0 Å². The first kappa shape index (κ1) is 27.2. The summed E-state index contributed by atoms with van der Waals surface area (Å²) in [5, 5.41) is 3.96. The number of carbonyl (C=O) groups excluding carboxylic acids is 2. The van der Waals surface area contributed by atoms with Gasteiger partial charge < -0.3 is 10.2 Å². The molecule has 0 unspecified atom stereocenters. The summed E-state index contributed by atoms with van der Waals surface area (Å²) in [5.41, 5.74) is 3.04. The topological polar surface area (TPSA) is 49.4 Å². The number of benzene rings is 2. The summed E-state index contributed by atoms with van der Waals surface area (Å²) in [6.45, 7) is 9.11. The zero-order valence-electron chi connectivity index (χ0n) is 20.2. The van der Waals surface area contributed by atoms with Gasteiger partial charge in [-0.25, -0.2) is 0 Å². The Labute approximate surface area is 208 Å². The number of aryl methyl sites for hydroxylation is 1. The molecule has 0 saturated heterocycles. The quantitative estimate of drug-likeness (QED) is 0.333. The van der Waals surface area contributed by atoms with Crippen molar-refractivity contribution in [2.45, 2.75) is 78.3 Å². The van der Waals surface area contributed by atoms with Crippen LogP contribution in [0.2, 0.25) is 10.0 Å². The Morgan fingerprint density at radius 2 is 1.64 bits per heavy atom. The average Bonchev–Trinajstić information content (AvgIpc) is 2.79. The molecule has 33 heavy (non-hydrogen) atoms. The van der Waals surface area contributed by atoms with Gasteiger partial charge in [0.15, 0.2) is 0 Å². The van der Waals surface area contributed by atoms with Gasteiger partial charge in [-0.3, -0.25) is 9.59 Å². The number of hydrogen-bond donors (Lipinski definition) is 1. The van der Waals surface area contributed by atoms with Crippen molar-refractivity contribution in [3.63, 3.8) is 0 Å². The van der Waals surface area contributed by atoms with Crippen LogP contribution in [0.15, 0.2) is 42.5 Å². The maximum atomic E-state index is 13.4. The van der Waals surface area contributed by atoms with E-state index in [0.29, 0.717) is 47.3 Å². The van der Waals surface area contributed by atoms with Gasteiger partial charge in [0.1, 0.15) is 6.04 Å². The van der Waals surface area contributed by atoms with E-state index in [0.717, 1.165) is 18.4 Å². The zero-order valence-corrected chi connectivity index (χ0v) is 21.7. The summed E-state index contributed by atoms with van der Waals surface area (Å²) in [6, 6.07) is 13.1. The lowest BCUT2D eigenvalue weighted by Gasteiger charge is -2.31. The Morgan fingerprint density at radius 1 is 1.00 bits per heavy atom. The van der Waals surface area contributed by atoms with Gasteiger partial charge in [-0.15, -0.1) is 0 Å². The summed E-state index contributed by atoms with van der Waals surface area (Å²) in [6.07, 6.45) is 3.32. The van der Waals surface area contributed by atoms with Crippen LogP contribution in [0.25, 0.3) is 0 Å². The van der Waals surface area contributed by atoms with Crippen LogP contribution in [0.4, 0.5) is 0 Å². The smallest absolute Gasteiger partial charge is 0.242 e. The van der Waals surface area contributed by atoms with E-state index >= 15 is 0 Å². The number of carbonyl (C=O) groups is 2. The van der Waals surface area contributed by atoms with Gasteiger partial charge in [0.25, 0.3) is 0 Å². The van der Waals surface area contributed by atoms with Gasteiger partial charge in [0.2, 0.25) is 11.8 Å². The number of amides is 2. The monoisotopic (exact) mass is 490 g/mol. The molecule has 2 rings (SSSR count). The van der Waals surface area contributed by atoms with Gasteiger partial charge in [-0.2, -0.15) is 0 Å². The number of unbranched alkanes of at least 4 members (excludes halogenated alkanes) is 1. The highest BCUT2D eigenvalue weighted by Crippen LogP contribution is 2.27. The third kappa shape index (κ3) is 8.04. The highest BCUT2D eigenvalue weighted by atomic mass is 35.5. The minimum atomic E-state index is -0.579. The summed E-state index contributed by atoms with van der Waals surface area (Å²) < 4.78 is 0. The van der Waals surface area contributed by atoms with Crippen molar-refractivity contribution in [3.05, 3.63) is 69.2 Å². The summed E-state index contributed by atoms with van der Waals surface area (Å²) in [4.78, 5) is 28.0. The summed E-state index contributed by atoms with van der Waals surface area (Å²) >= 11 is 12.8. The molecular formula is C27H36Cl2N2O2. The Hall–Kier alpha value is -2.04. The molecule has 0 heterocycles. The number of hydrogen-bond acceptors (Lipinski definition) is 2. The molecular weight excluding hydrogens is 455 g/mol. The van der Waals surface area contributed by atoms with E-state index in [9.17, 15) is 9.59 Å². The molecule has 6 heteroatoms. The van der Waals surface area contributed by atoms with Crippen LogP contribution >= 0.6 is 23.2 Å². The molecule has 0 bridgehead atoms. The Balaban J connectivity index is 2.22. The molecule has 0 aromatic heterocycles. The van der Waals surface area contributed by atoms with Crippen LogP contribution in [0.3, 0.4) is 0 Å². The molecule has 2 aromatic carbocycles. The fraction of sp³-hybridized carbons (Fsp3) is 0.481. The molecule has 0 fully saturated rings. The molecule has 2 amide bonds. The molecule has 0 aliphatic carbocycles. The molecule has 0 radical (unpaired) electrons. The molecule has 4 nitrogen and oxygen atoms in total. The van der Waals surface area contributed by atoms with E-state index in [1.807, 2.05) is 6.92 Å². The molecule has 1 atom stereocenters. The molecule has 0 saturated carbocycles. The summed E-state index contributed by atoms with van der Waals surface area (Å²) in [5.74, 6) is 0.244. The van der Waals surface area contributed by atoms with Crippen molar-refractivity contribution in [2.75, 3.05) is 6.54 Å². The first-order chi connectivity index (χ1) is 15.8. The number of nitrogens with zero attached hydrogens (tertiary/aromatic N) is 1. The molecule has 0 aliphatic heterocycles. The van der Waals surface area contributed by atoms with Gasteiger partial charge in [0, 0.05) is 35.1 Å². The second kappa shape index (κ2) is 13.6. The zero-order chi connectivity index (χ0) is 24.4. The van der Waals surface area contributed by atoms with Crippen molar-refractivity contribution in [3.8, 4) is 0 Å². The Kier molecular flexibility index (Phi) is 11.2. The average molecular weight is 492 g/mol. The SMILES string of the molecule is CCCCNC(=O)[C@@H](CC)N(Cc1c(Cl)cccc1Cl)C(=O)CCc1ccc(C(C)C)cc1. The minimum absolute atomic E-state index is 0.0867. The third-order valence-electron chi connectivity index (χ3n) is 5.88. The maximum Gasteiger partial charge on any atom is 0.242 e. The van der Waals surface area contributed by atoms with Gasteiger partial charge >= 0.3 is 0 Å². The van der Waals surface area contributed by atoms with E-state index in [1.165, 1.54) is 5.56 Å². The third-order valence-corrected chi connectivity index (χ3v) is 6.59. The molecule has 2 aromatic rings. The van der Waals surface area contributed by atoms with Crippen LogP contribution in [-0.4, -0.2) is 29.3 Å². The van der Waals surface area contributed by atoms with Crippen molar-refractivity contribution >= 4 is 35.0 Å². The molecule has 1 N–H and O–H groups in total. The maximum absolute atomic E-state index is 13.4. The first-order valence-corrected chi connectivity index (χ1v) is 12.6. The van der Waals surface area contributed by atoms with Crippen LogP contribution in [0.5, 0.6) is 0 Å². The van der Waals surface area contributed by atoms with E-state index < -0.39 is 6.04 Å². The van der Waals surface area contributed by atoms with Gasteiger partial charge in [-0.1, -0.05) is 87.6 Å².